The van der Waals surface area contributed by atoms with Crippen LogP contribution in [0.3, 0.4) is 0 Å². The molecule has 0 heterocycles. The molecular formula is C8H10Hg2. The Balaban J connectivity index is 0.000000236. The molecule has 46 valence electrons. The Hall–Kier alpha value is 1.09. The van der Waals surface area contributed by atoms with Gasteiger partial charge in [-0.05, 0) is 0 Å². The van der Waals surface area contributed by atoms with Crippen molar-refractivity contribution in [2.24, 2.45) is 0 Å². The monoisotopic (exact) mass is 510 g/mol. The Morgan fingerprint density at radius 3 is 1.80 bits per heavy atom. The number of benzene rings is 1. The van der Waals surface area contributed by atoms with Gasteiger partial charge >= 0.3 is 96.5 Å². The van der Waals surface area contributed by atoms with E-state index in [9.17, 15) is 0 Å². The predicted octanol–water partition coefficient (Wildman–Crippen LogP) is 1.83. The van der Waals surface area contributed by atoms with Crippen LogP contribution in [0.15, 0.2) is 30.3 Å². The molecule has 1 rings (SSSR count). The standard InChI is InChI=1S/C6H5.C2H5.2Hg/c1-2-4-6-5-3-1;1-2;;/h1-5H;1H2,2H3;;. The molecule has 10 heavy (non-hydrogen) atoms. The van der Waals surface area contributed by atoms with Gasteiger partial charge in [0.25, 0.3) is 0 Å². The quantitative estimate of drug-likeness (QED) is 0.471. The maximum atomic E-state index is 2.21. The third kappa shape index (κ3) is 7.20. The van der Waals surface area contributed by atoms with Crippen molar-refractivity contribution < 1.29 is 52.2 Å². The van der Waals surface area contributed by atoms with Gasteiger partial charge < -0.3 is 0 Å². The normalized spacial score (nSPS) is 8.10. The molecule has 1 aromatic carbocycles. The fraction of sp³-hybridized carbons (Fsp3) is 0.250. The molecule has 0 N–H and O–H groups in total. The van der Waals surface area contributed by atoms with Gasteiger partial charge in [0.1, 0.15) is 0 Å². The maximum absolute atomic E-state index is 2.21. The number of hydrogen-bond donors (Lipinski definition) is 0. The molecule has 0 atom stereocenters. The Labute approximate surface area is 95.3 Å². The van der Waals surface area contributed by atoms with Gasteiger partial charge in [-0.2, -0.15) is 0 Å². The molecule has 0 bridgehead atoms. The molecule has 0 nitrogen and oxygen atoms in total. The summed E-state index contributed by atoms with van der Waals surface area (Å²) in [5.74, 6) is 0. The zero-order valence-corrected chi connectivity index (χ0v) is 17.5. The van der Waals surface area contributed by atoms with Crippen LogP contribution in [0.4, 0.5) is 0 Å². The predicted molar refractivity (Wildman–Crippen MR) is 36.6 cm³/mol. The summed E-state index contributed by atoms with van der Waals surface area (Å²) >= 11 is 1.88. The van der Waals surface area contributed by atoms with Crippen molar-refractivity contribution in [2.45, 2.75) is 10.9 Å². The third-order valence-corrected chi connectivity index (χ3v) is 2.68. The number of hydrogen-bond acceptors (Lipinski definition) is 0. The summed E-state index contributed by atoms with van der Waals surface area (Å²) < 4.78 is 2.96. The van der Waals surface area contributed by atoms with Gasteiger partial charge in [0.2, 0.25) is 0 Å². The van der Waals surface area contributed by atoms with Crippen molar-refractivity contribution >= 4 is 3.07 Å². The van der Waals surface area contributed by atoms with Crippen LogP contribution in [-0.2, 0) is 52.2 Å². The summed E-state index contributed by atoms with van der Waals surface area (Å²) in [6.45, 7) is 2.21. The van der Waals surface area contributed by atoms with E-state index < -0.39 is 0 Å². The van der Waals surface area contributed by atoms with E-state index in [4.69, 9.17) is 0 Å². The van der Waals surface area contributed by atoms with E-state index in [1.807, 2.05) is 0 Å². The van der Waals surface area contributed by atoms with Gasteiger partial charge in [0.15, 0.2) is 0 Å². The summed E-state index contributed by atoms with van der Waals surface area (Å²) in [6.07, 6.45) is 0. The minimum absolute atomic E-state index is 0.810. The molecule has 0 aliphatic carbocycles. The first-order valence-electron chi connectivity index (χ1n) is 3.47. The molecule has 0 unspecified atom stereocenters. The van der Waals surface area contributed by atoms with Crippen molar-refractivity contribution in [2.75, 3.05) is 0 Å². The molecular weight excluding hydrogens is 497 g/mol. The first-order valence-corrected chi connectivity index (χ1v) is 10.1. The van der Waals surface area contributed by atoms with Gasteiger partial charge in [-0.1, -0.05) is 0 Å². The SMILES string of the molecule is C[CH2][Hg].[Hg][c]1ccccc1. The van der Waals surface area contributed by atoms with E-state index in [1.165, 1.54) is 7.00 Å². The molecule has 0 fully saturated rings. The second kappa shape index (κ2) is 8.19. The first-order chi connectivity index (χ1) is 4.81. The van der Waals surface area contributed by atoms with Crippen LogP contribution in [0.1, 0.15) is 6.92 Å². The van der Waals surface area contributed by atoms with E-state index >= 15 is 0 Å². The van der Waals surface area contributed by atoms with Crippen molar-refractivity contribution in [3.8, 4) is 0 Å². The van der Waals surface area contributed by atoms with Crippen molar-refractivity contribution in [3.63, 3.8) is 0 Å². The van der Waals surface area contributed by atoms with Crippen LogP contribution in [0.2, 0.25) is 3.93 Å². The van der Waals surface area contributed by atoms with Gasteiger partial charge in [0.05, 0.1) is 0 Å². The van der Waals surface area contributed by atoms with Gasteiger partial charge in [-0.15, -0.1) is 0 Å². The van der Waals surface area contributed by atoms with E-state index in [0.29, 0.717) is 0 Å². The Kier molecular flexibility index (Phi) is 9.08. The third-order valence-electron chi connectivity index (χ3n) is 0.843. The summed E-state index contributed by atoms with van der Waals surface area (Å²) in [7, 11) is 0. The summed E-state index contributed by atoms with van der Waals surface area (Å²) in [6, 6.07) is 10.6. The molecule has 0 aliphatic heterocycles. The zero-order chi connectivity index (χ0) is 7.82. The molecule has 2 heteroatoms. The van der Waals surface area contributed by atoms with Gasteiger partial charge in [-0.25, -0.2) is 0 Å². The van der Waals surface area contributed by atoms with Crippen LogP contribution < -0.4 is 3.07 Å². The molecule has 0 aromatic heterocycles. The molecule has 0 saturated carbocycles. The van der Waals surface area contributed by atoms with E-state index in [-0.39, 0.29) is 0 Å². The van der Waals surface area contributed by atoms with Crippen molar-refractivity contribution in [1.82, 2.24) is 0 Å². The van der Waals surface area contributed by atoms with Crippen molar-refractivity contribution in [3.05, 3.63) is 30.3 Å². The van der Waals surface area contributed by atoms with E-state index in [2.05, 4.69) is 37.3 Å². The van der Waals surface area contributed by atoms with Crippen LogP contribution in [0.25, 0.3) is 0 Å². The second-order valence-electron chi connectivity index (χ2n) is 1.99. The number of rotatable bonds is 0. The topological polar surface area (TPSA) is 0 Å². The second-order valence-corrected chi connectivity index (χ2v) is 9.05. The molecule has 0 spiro atoms. The van der Waals surface area contributed by atoms with Gasteiger partial charge in [0, 0.05) is 0 Å². The van der Waals surface area contributed by atoms with Crippen LogP contribution >= 0.6 is 0 Å². The van der Waals surface area contributed by atoms with Gasteiger partial charge in [-0.3, -0.25) is 0 Å². The molecule has 1 aromatic rings. The Bertz CT molecular complexity index is 149. The average Bonchev–Trinajstić information content (AvgIpc) is 1.91. The molecule has 0 amide bonds. The average molecular weight is 507 g/mol. The van der Waals surface area contributed by atoms with Crippen LogP contribution in [0.5, 0.6) is 0 Å². The van der Waals surface area contributed by atoms with Crippen LogP contribution in [0, 0.1) is 0 Å². The summed E-state index contributed by atoms with van der Waals surface area (Å²) in [4.78, 5) is 0. The van der Waals surface area contributed by atoms with E-state index in [1.54, 1.807) is 0 Å². The fourth-order valence-electron chi connectivity index (χ4n) is 0.478. The zero-order valence-electron chi connectivity index (χ0n) is 6.51. The molecule has 0 aliphatic rings. The van der Waals surface area contributed by atoms with Crippen LogP contribution in [-0.4, -0.2) is 0 Å². The van der Waals surface area contributed by atoms with Crippen molar-refractivity contribution in [1.29, 1.82) is 0 Å². The first kappa shape index (κ1) is 11.1. The molecule has 0 saturated heterocycles. The molecule has 0 radical (unpaired) electrons. The fourth-order valence-corrected chi connectivity index (χ4v) is 1.54. The van der Waals surface area contributed by atoms with E-state index in [0.717, 1.165) is 52.2 Å². The Morgan fingerprint density at radius 2 is 1.60 bits per heavy atom. The summed E-state index contributed by atoms with van der Waals surface area (Å²) in [5, 5.41) is 0. The summed E-state index contributed by atoms with van der Waals surface area (Å²) in [5.41, 5.74) is 0. The minimum atomic E-state index is 0.810. The Morgan fingerprint density at radius 1 is 1.20 bits per heavy atom.